The Kier molecular flexibility index (Phi) is 5.50. The number of aromatic nitrogens is 2. The highest BCUT2D eigenvalue weighted by Crippen LogP contribution is 2.51. The number of benzene rings is 3. The molecule has 1 aliphatic rings. The lowest BCUT2D eigenvalue weighted by Gasteiger charge is -2.35. The Bertz CT molecular complexity index is 1530. The van der Waals surface area contributed by atoms with Gasteiger partial charge in [-0.3, -0.25) is 24.9 Å². The molecule has 1 amide bonds. The number of aromatic amines is 1. The van der Waals surface area contributed by atoms with Crippen molar-refractivity contribution in [1.29, 1.82) is 0 Å². The van der Waals surface area contributed by atoms with Crippen molar-refractivity contribution >= 4 is 50.0 Å². The fourth-order valence-electron chi connectivity index (χ4n) is 4.37. The molecule has 1 atom stereocenters. The molecule has 0 radical (unpaired) electrons. The summed E-state index contributed by atoms with van der Waals surface area (Å²) in [7, 11) is 1.51. The molecule has 0 saturated carbocycles. The van der Waals surface area contributed by atoms with Gasteiger partial charge < -0.3 is 9.84 Å². The Hall–Kier alpha value is -3.54. The molecule has 0 spiro atoms. The zero-order chi connectivity index (χ0) is 25.1. The normalized spacial score (nSPS) is 17.2. The molecule has 5 rings (SSSR count). The molecule has 0 saturated heterocycles. The molecule has 1 unspecified atom stereocenters. The molecule has 1 aliphatic heterocycles. The number of hydrogen-bond donors (Lipinski definition) is 2. The molecule has 0 fully saturated rings. The van der Waals surface area contributed by atoms with E-state index in [0.29, 0.717) is 15.9 Å². The molecule has 9 nitrogen and oxygen atoms in total. The van der Waals surface area contributed by atoms with E-state index in [9.17, 15) is 24.4 Å². The number of hydrogen-bond acceptors (Lipinski definition) is 6. The van der Waals surface area contributed by atoms with Gasteiger partial charge in [0.1, 0.15) is 27.3 Å². The third kappa shape index (κ3) is 3.46. The van der Waals surface area contributed by atoms with Gasteiger partial charge in [-0.05, 0) is 51.8 Å². The van der Waals surface area contributed by atoms with Crippen molar-refractivity contribution in [3.05, 3.63) is 96.3 Å². The number of aliphatic hydroxyl groups is 1. The van der Waals surface area contributed by atoms with Crippen molar-refractivity contribution < 1.29 is 24.0 Å². The van der Waals surface area contributed by atoms with Crippen molar-refractivity contribution in [2.45, 2.75) is 12.3 Å². The summed E-state index contributed by atoms with van der Waals surface area (Å²) >= 11 is 9.61. The Morgan fingerprint density at radius 3 is 2.66 bits per heavy atom. The zero-order valence-electron chi connectivity index (χ0n) is 17.9. The number of methoxy groups -OCH3 is 1. The van der Waals surface area contributed by atoms with Gasteiger partial charge in [0, 0.05) is 28.6 Å². The van der Waals surface area contributed by atoms with E-state index in [1.54, 1.807) is 24.3 Å². The SMILES string of the molecule is COc1ccc(CN2C(=O)c3c(c([N+](=O)[O-])cc4c(Br)[nH]nc34)C2(O)c2cc(F)ccc2Cl)cc1. The van der Waals surface area contributed by atoms with Crippen LogP contribution >= 0.6 is 27.5 Å². The first-order valence-electron chi connectivity index (χ1n) is 10.1. The summed E-state index contributed by atoms with van der Waals surface area (Å²) in [5.74, 6) is -0.896. The van der Waals surface area contributed by atoms with Crippen LogP contribution in [0.3, 0.4) is 0 Å². The van der Waals surface area contributed by atoms with Crippen LogP contribution in [0.5, 0.6) is 5.75 Å². The summed E-state index contributed by atoms with van der Waals surface area (Å²) in [5.41, 5.74) is -3.02. The van der Waals surface area contributed by atoms with Gasteiger partial charge in [0.15, 0.2) is 0 Å². The highest BCUT2D eigenvalue weighted by atomic mass is 79.9. The Morgan fingerprint density at radius 2 is 2.00 bits per heavy atom. The first-order chi connectivity index (χ1) is 16.7. The van der Waals surface area contributed by atoms with Gasteiger partial charge in [0.05, 0.1) is 17.6 Å². The van der Waals surface area contributed by atoms with Gasteiger partial charge in [-0.15, -0.1) is 0 Å². The minimum Gasteiger partial charge on any atom is -0.497 e. The molecule has 4 aromatic rings. The number of amides is 1. The summed E-state index contributed by atoms with van der Waals surface area (Å²) in [5, 5.41) is 31.3. The number of carbonyl (C=O) groups is 1. The topological polar surface area (TPSA) is 122 Å². The predicted octanol–water partition coefficient (Wildman–Crippen LogP) is 4.88. The third-order valence-corrected chi connectivity index (χ3v) is 6.91. The molecule has 0 bridgehead atoms. The molecule has 2 N–H and O–H groups in total. The lowest BCUT2D eigenvalue weighted by molar-refractivity contribution is -0.386. The van der Waals surface area contributed by atoms with Gasteiger partial charge in [0.2, 0.25) is 5.72 Å². The maximum Gasteiger partial charge on any atom is 0.279 e. The minimum absolute atomic E-state index is 0.0770. The van der Waals surface area contributed by atoms with E-state index in [1.165, 1.54) is 19.2 Å². The van der Waals surface area contributed by atoms with E-state index < -0.39 is 28.1 Å². The first-order valence-corrected chi connectivity index (χ1v) is 11.3. The highest BCUT2D eigenvalue weighted by Gasteiger charge is 2.56. The molecule has 12 heteroatoms. The Morgan fingerprint density at radius 1 is 1.29 bits per heavy atom. The summed E-state index contributed by atoms with van der Waals surface area (Å²) in [6.07, 6.45) is 0. The van der Waals surface area contributed by atoms with Crippen LogP contribution in [-0.4, -0.2) is 38.1 Å². The lowest BCUT2D eigenvalue weighted by Crippen LogP contribution is -2.44. The summed E-state index contributed by atoms with van der Waals surface area (Å²) in [6.45, 7) is -0.176. The maximum absolute atomic E-state index is 14.4. The number of nitrogens with zero attached hydrogens (tertiary/aromatic N) is 3. The summed E-state index contributed by atoms with van der Waals surface area (Å²) in [6, 6.07) is 11.2. The fraction of sp³-hybridized carbons (Fsp3) is 0.130. The Labute approximate surface area is 210 Å². The second-order valence-electron chi connectivity index (χ2n) is 7.87. The van der Waals surface area contributed by atoms with E-state index in [1.807, 2.05) is 0 Å². The lowest BCUT2D eigenvalue weighted by atomic mass is 9.90. The van der Waals surface area contributed by atoms with E-state index in [2.05, 4.69) is 26.1 Å². The van der Waals surface area contributed by atoms with Crippen LogP contribution in [-0.2, 0) is 12.3 Å². The van der Waals surface area contributed by atoms with Gasteiger partial charge >= 0.3 is 0 Å². The van der Waals surface area contributed by atoms with Crippen molar-refractivity contribution in [3.63, 3.8) is 0 Å². The Balaban J connectivity index is 1.83. The van der Waals surface area contributed by atoms with Gasteiger partial charge in [-0.25, -0.2) is 4.39 Å². The van der Waals surface area contributed by atoms with Gasteiger partial charge in [-0.1, -0.05) is 23.7 Å². The van der Waals surface area contributed by atoms with Crippen LogP contribution in [0.25, 0.3) is 10.9 Å². The molecule has 0 aliphatic carbocycles. The monoisotopic (exact) mass is 560 g/mol. The second-order valence-corrected chi connectivity index (χ2v) is 9.07. The van der Waals surface area contributed by atoms with Crippen molar-refractivity contribution in [2.24, 2.45) is 0 Å². The third-order valence-electron chi connectivity index (χ3n) is 5.98. The van der Waals surface area contributed by atoms with Crippen LogP contribution in [0.4, 0.5) is 10.1 Å². The largest absolute Gasteiger partial charge is 0.497 e. The average Bonchev–Trinajstić information content (AvgIpc) is 3.32. The number of nitro groups is 1. The fourth-order valence-corrected chi connectivity index (χ4v) is 5.01. The van der Waals surface area contributed by atoms with E-state index in [4.69, 9.17) is 16.3 Å². The van der Waals surface area contributed by atoms with E-state index >= 15 is 0 Å². The molecule has 35 heavy (non-hydrogen) atoms. The molecular formula is C23H15BrClFN4O5. The number of halogens is 3. The standard InChI is InChI=1S/C23H15BrClFN4O5/c1-35-13-5-2-11(3-6-13)10-29-22(31)18-19(23(29,32)15-8-12(26)4-7-16(15)25)17(30(33)34)9-14-20(18)27-28-21(14)24/h2-9,32H,10H2,1H3,(H,27,28). The first kappa shape index (κ1) is 23.2. The van der Waals surface area contributed by atoms with Crippen molar-refractivity contribution in [2.75, 3.05) is 7.11 Å². The summed E-state index contributed by atoms with van der Waals surface area (Å²) < 4.78 is 19.8. The molecule has 2 heterocycles. The van der Waals surface area contributed by atoms with Crippen molar-refractivity contribution in [1.82, 2.24) is 15.1 Å². The van der Waals surface area contributed by atoms with E-state index in [-0.39, 0.29) is 39.2 Å². The van der Waals surface area contributed by atoms with Crippen molar-refractivity contribution in [3.8, 4) is 5.75 Å². The van der Waals surface area contributed by atoms with Gasteiger partial charge in [0.25, 0.3) is 11.6 Å². The maximum atomic E-state index is 14.4. The molecule has 1 aromatic heterocycles. The van der Waals surface area contributed by atoms with Crippen LogP contribution in [0.1, 0.15) is 27.0 Å². The minimum atomic E-state index is -2.46. The molecular weight excluding hydrogens is 547 g/mol. The quantitative estimate of drug-likeness (QED) is 0.264. The smallest absolute Gasteiger partial charge is 0.279 e. The second kappa shape index (κ2) is 8.29. The van der Waals surface area contributed by atoms with Crippen LogP contribution in [0, 0.1) is 15.9 Å². The van der Waals surface area contributed by atoms with Gasteiger partial charge in [-0.2, -0.15) is 5.10 Å². The van der Waals surface area contributed by atoms with Crippen LogP contribution in [0.15, 0.2) is 53.1 Å². The summed E-state index contributed by atoms with van der Waals surface area (Å²) in [4.78, 5) is 26.3. The molecule has 3 aromatic carbocycles. The average molecular weight is 562 g/mol. The number of H-pyrrole nitrogens is 1. The number of ether oxygens (including phenoxy) is 1. The predicted molar refractivity (Wildman–Crippen MR) is 128 cm³/mol. The number of fused-ring (bicyclic) bond motifs is 3. The number of nitrogens with one attached hydrogen (secondary N) is 1. The molecule has 178 valence electrons. The number of carbonyl (C=O) groups excluding carboxylic acids is 1. The number of nitro benzene ring substituents is 1. The van der Waals surface area contributed by atoms with Crippen LogP contribution < -0.4 is 4.74 Å². The highest BCUT2D eigenvalue weighted by molar-refractivity contribution is 9.10. The number of rotatable bonds is 5. The van der Waals surface area contributed by atoms with Crippen LogP contribution in [0.2, 0.25) is 5.02 Å². The van der Waals surface area contributed by atoms with E-state index in [0.717, 1.165) is 17.0 Å². The zero-order valence-corrected chi connectivity index (χ0v) is 20.2.